The first-order valence-electron chi connectivity index (χ1n) is 17.3. The van der Waals surface area contributed by atoms with Crippen LogP contribution in [-0.2, 0) is 31.8 Å². The molecule has 0 radical (unpaired) electrons. The quantitative estimate of drug-likeness (QED) is 0.127. The van der Waals surface area contributed by atoms with E-state index in [1.165, 1.54) is 6.42 Å². The topological polar surface area (TPSA) is 188 Å². The number of hydrogen-bond donors (Lipinski definition) is 6. The molecule has 4 aliphatic heterocycles. The van der Waals surface area contributed by atoms with E-state index in [4.69, 9.17) is 23.7 Å². The Kier molecular flexibility index (Phi) is 12.9. The highest BCUT2D eigenvalue weighted by Gasteiger charge is 2.51. The minimum Gasteiger partial charge on any atom is -0.462 e. The van der Waals surface area contributed by atoms with Gasteiger partial charge >= 0.3 is 5.97 Å². The molecule has 0 spiro atoms. The number of hydrogen-bond acceptors (Lipinski definition) is 13. The number of fused-ring (bicyclic) bond motifs is 1. The van der Waals surface area contributed by atoms with Crippen LogP contribution < -0.4 is 4.74 Å². The van der Waals surface area contributed by atoms with E-state index >= 15 is 0 Å². The van der Waals surface area contributed by atoms with Gasteiger partial charge in [0.15, 0.2) is 12.4 Å². The van der Waals surface area contributed by atoms with Crippen LogP contribution in [0.4, 0.5) is 0 Å². The Morgan fingerprint density at radius 1 is 0.837 bits per heavy atom. The predicted octanol–water partition coefficient (Wildman–Crippen LogP) is 0.987. The fraction of sp³-hybridized carbons (Fsp3) is 0.694. The summed E-state index contributed by atoms with van der Waals surface area (Å²) < 4.78 is 29.7. The minimum absolute atomic E-state index is 0.308. The lowest BCUT2D eigenvalue weighted by molar-refractivity contribution is -0.320. The molecular formula is C36H53NO12. The zero-order chi connectivity index (χ0) is 35.4. The van der Waals surface area contributed by atoms with E-state index in [0.29, 0.717) is 53.8 Å². The predicted molar refractivity (Wildman–Crippen MR) is 177 cm³/mol. The summed E-state index contributed by atoms with van der Waals surface area (Å²) in [4.78, 5) is 16.1. The third-order valence-corrected chi connectivity index (χ3v) is 9.96. The summed E-state index contributed by atoms with van der Waals surface area (Å²) in [6.07, 6.45) is -5.06. The third-order valence-electron chi connectivity index (χ3n) is 9.96. The van der Waals surface area contributed by atoms with Gasteiger partial charge < -0.3 is 54.3 Å². The van der Waals surface area contributed by atoms with Crippen molar-refractivity contribution in [3.63, 3.8) is 0 Å². The zero-order valence-corrected chi connectivity index (χ0v) is 28.8. The van der Waals surface area contributed by atoms with Gasteiger partial charge in [0.2, 0.25) is 6.29 Å². The molecule has 1 aromatic rings. The summed E-state index contributed by atoms with van der Waals surface area (Å²) >= 11 is 0. The van der Waals surface area contributed by atoms with E-state index < -0.39 is 74.5 Å². The molecular weight excluding hydrogens is 638 g/mol. The third kappa shape index (κ3) is 8.73. The second kappa shape index (κ2) is 16.7. The minimum atomic E-state index is -1.67. The highest BCUT2D eigenvalue weighted by Crippen LogP contribution is 2.36. The highest BCUT2D eigenvalue weighted by atomic mass is 16.8. The molecule has 4 heterocycles. The van der Waals surface area contributed by atoms with E-state index in [1.54, 1.807) is 12.1 Å². The molecule has 5 rings (SSSR count). The number of ether oxygens (including phenoxy) is 5. The first-order chi connectivity index (χ1) is 23.4. The number of aliphatic hydroxyl groups excluding tert-OH is 6. The van der Waals surface area contributed by atoms with E-state index in [1.807, 2.05) is 39.8 Å². The van der Waals surface area contributed by atoms with Crippen LogP contribution in [-0.4, -0.2) is 136 Å². The van der Waals surface area contributed by atoms with Gasteiger partial charge in [0.25, 0.3) is 0 Å². The molecule has 6 N–H and O–H groups in total. The van der Waals surface area contributed by atoms with Crippen LogP contribution in [0.1, 0.15) is 68.4 Å². The van der Waals surface area contributed by atoms with Gasteiger partial charge in [-0.15, -0.1) is 0 Å². The lowest BCUT2D eigenvalue weighted by Gasteiger charge is -2.43. The molecule has 0 amide bonds. The van der Waals surface area contributed by atoms with Crippen molar-refractivity contribution in [1.29, 1.82) is 0 Å². The molecule has 4 aliphatic rings. The van der Waals surface area contributed by atoms with E-state index in [0.717, 1.165) is 37.1 Å². The Morgan fingerprint density at radius 3 is 2.02 bits per heavy atom. The average Bonchev–Trinajstić information content (AvgIpc) is 3.77. The van der Waals surface area contributed by atoms with Gasteiger partial charge in [0.05, 0.1) is 25.4 Å². The van der Waals surface area contributed by atoms with E-state index in [2.05, 4.69) is 4.90 Å². The van der Waals surface area contributed by atoms with Gasteiger partial charge in [-0.1, -0.05) is 23.3 Å². The first-order valence-corrected chi connectivity index (χ1v) is 17.3. The van der Waals surface area contributed by atoms with Crippen molar-refractivity contribution in [2.24, 2.45) is 5.92 Å². The number of rotatable bonds is 13. The van der Waals surface area contributed by atoms with Crippen LogP contribution in [0.3, 0.4) is 0 Å². The lowest BCUT2D eigenvalue weighted by atomic mass is 9.96. The number of esters is 1. The number of carbonyl (C=O) groups is 1. The van der Waals surface area contributed by atoms with Crippen molar-refractivity contribution < 1.29 is 59.1 Å². The summed E-state index contributed by atoms with van der Waals surface area (Å²) in [5.74, 6) is 0.226. The summed E-state index contributed by atoms with van der Waals surface area (Å²) in [5.41, 5.74) is 3.70. The van der Waals surface area contributed by atoms with Crippen molar-refractivity contribution in [3.05, 3.63) is 52.1 Å². The Bertz CT molecular complexity index is 1300. The summed E-state index contributed by atoms with van der Waals surface area (Å²) in [5, 5.41) is 62.2. The number of aliphatic hydroxyl groups is 6. The van der Waals surface area contributed by atoms with Crippen molar-refractivity contribution in [2.45, 2.75) is 121 Å². The second-order valence-electron chi connectivity index (χ2n) is 14.1. The van der Waals surface area contributed by atoms with Crippen LogP contribution in [0, 0.1) is 5.92 Å². The van der Waals surface area contributed by atoms with Gasteiger partial charge in [-0.2, -0.15) is 0 Å². The normalized spacial score (nSPS) is 34.4. The molecule has 0 bridgehead atoms. The number of carbonyl (C=O) groups excluding carboxylic acids is 1. The van der Waals surface area contributed by atoms with Crippen LogP contribution in [0.2, 0.25) is 0 Å². The molecule has 0 aliphatic carbocycles. The zero-order valence-electron chi connectivity index (χ0n) is 28.8. The average molecular weight is 692 g/mol. The number of nitrogens with zero attached hydrogens (tertiary/aromatic N) is 1. The molecule has 13 heteroatoms. The SMILES string of the molecule is CC(C)=CCc1cc(C(=O)OC[C@@H]2CCN3CCCC23)cc(CC=C(C)C)c1O[C@@H]1O[C@H](CO)[C@@H](O)[C@@H](O)[C@H]1O[C@@H]1O[C@@H](CO)[C@@H](O)[C@H]1O. The highest BCUT2D eigenvalue weighted by molar-refractivity contribution is 5.90. The maximum Gasteiger partial charge on any atom is 0.338 e. The van der Waals surface area contributed by atoms with Gasteiger partial charge in [-0.05, 0) is 96.1 Å². The fourth-order valence-electron chi connectivity index (χ4n) is 7.15. The standard InChI is InChI=1S/C36H53NO12/c1-19(2)7-9-21-14-24(34(44)45-18-23-11-13-37-12-5-6-25(23)37)15-22(10-8-20(3)4)32(21)48-36-33(30(42)28(40)26(16-38)47-36)49-35-31(43)29(41)27(17-39)46-35/h7-8,14-15,23,25-31,33,35-36,38-43H,5-6,9-13,16-18H2,1-4H3/t23-,25?,26+,27-,28+,29+,30+,31+,33+,35-,36-/m0/s1. The molecule has 13 nitrogen and oxygen atoms in total. The Labute approximate surface area is 287 Å². The van der Waals surface area contributed by atoms with Crippen LogP contribution in [0.15, 0.2) is 35.4 Å². The summed E-state index contributed by atoms with van der Waals surface area (Å²) in [6, 6.07) is 3.90. The van der Waals surface area contributed by atoms with Crippen LogP contribution >= 0.6 is 0 Å². The monoisotopic (exact) mass is 691 g/mol. The maximum absolute atomic E-state index is 13.6. The van der Waals surface area contributed by atoms with Gasteiger partial charge in [0, 0.05) is 12.0 Å². The van der Waals surface area contributed by atoms with Gasteiger partial charge in [0.1, 0.15) is 42.4 Å². The maximum atomic E-state index is 13.6. The first kappa shape index (κ1) is 37.8. The molecule has 0 aromatic heterocycles. The molecule has 4 fully saturated rings. The second-order valence-corrected chi connectivity index (χ2v) is 14.1. The number of benzene rings is 1. The fourth-order valence-corrected chi connectivity index (χ4v) is 7.15. The molecule has 11 atom stereocenters. The largest absolute Gasteiger partial charge is 0.462 e. The molecule has 274 valence electrons. The van der Waals surface area contributed by atoms with Crippen molar-refractivity contribution in [2.75, 3.05) is 32.9 Å². The van der Waals surface area contributed by atoms with Crippen LogP contribution in [0.5, 0.6) is 5.75 Å². The Balaban J connectivity index is 1.47. The van der Waals surface area contributed by atoms with Crippen molar-refractivity contribution >= 4 is 5.97 Å². The molecule has 1 unspecified atom stereocenters. The van der Waals surface area contributed by atoms with E-state index in [-0.39, 0.29) is 0 Å². The molecule has 0 saturated carbocycles. The van der Waals surface area contributed by atoms with Crippen molar-refractivity contribution in [3.8, 4) is 5.75 Å². The summed E-state index contributed by atoms with van der Waals surface area (Å²) in [6.45, 7) is 9.07. The van der Waals surface area contributed by atoms with Crippen LogP contribution in [0.25, 0.3) is 0 Å². The Hall–Kier alpha value is -2.43. The Morgan fingerprint density at radius 2 is 1.43 bits per heavy atom. The van der Waals surface area contributed by atoms with Gasteiger partial charge in [-0.25, -0.2) is 4.79 Å². The summed E-state index contributed by atoms with van der Waals surface area (Å²) in [7, 11) is 0. The number of allylic oxidation sites excluding steroid dienone is 4. The molecule has 4 saturated heterocycles. The molecule has 49 heavy (non-hydrogen) atoms. The lowest BCUT2D eigenvalue weighted by Crippen LogP contribution is -2.62. The van der Waals surface area contributed by atoms with Gasteiger partial charge in [-0.3, -0.25) is 4.90 Å². The van der Waals surface area contributed by atoms with Crippen molar-refractivity contribution in [1.82, 2.24) is 4.90 Å². The van der Waals surface area contributed by atoms with E-state index in [9.17, 15) is 35.4 Å². The smallest absolute Gasteiger partial charge is 0.338 e. The molecule has 1 aromatic carbocycles.